The summed E-state index contributed by atoms with van der Waals surface area (Å²) in [6, 6.07) is 6.61. The normalized spacial score (nSPS) is 9.73. The molecule has 1 aromatic rings. The molecule has 0 heterocycles. The first kappa shape index (κ1) is 11.4. The fraction of sp³-hybridized carbons (Fsp3) is 0.333. The van der Waals surface area contributed by atoms with E-state index in [0.29, 0.717) is 17.9 Å². The van der Waals surface area contributed by atoms with E-state index in [2.05, 4.69) is 0 Å². The van der Waals surface area contributed by atoms with Gasteiger partial charge in [0.15, 0.2) is 0 Å². The fourth-order valence-electron chi connectivity index (χ4n) is 1.19. The Bertz CT molecular complexity index is 352. The lowest BCUT2D eigenvalue weighted by molar-refractivity contribution is -0.114. The van der Waals surface area contributed by atoms with Crippen molar-refractivity contribution >= 4 is 11.6 Å². The summed E-state index contributed by atoms with van der Waals surface area (Å²) in [5.74, 6) is -0.0855. The molecule has 0 N–H and O–H groups in total. The molecular formula is C12H14O3. The van der Waals surface area contributed by atoms with Crippen molar-refractivity contribution in [3.8, 4) is 5.75 Å². The molecule has 0 radical (unpaired) electrons. The van der Waals surface area contributed by atoms with Gasteiger partial charge in [-0.1, -0.05) is 6.92 Å². The van der Waals surface area contributed by atoms with Crippen LogP contribution in [-0.4, -0.2) is 18.2 Å². The first-order valence-electron chi connectivity index (χ1n) is 4.99. The number of hydrogen-bond donors (Lipinski definition) is 0. The van der Waals surface area contributed by atoms with Crippen LogP contribution in [-0.2, 0) is 4.79 Å². The quantitative estimate of drug-likeness (QED) is 0.548. The van der Waals surface area contributed by atoms with Crippen LogP contribution in [0.5, 0.6) is 5.75 Å². The van der Waals surface area contributed by atoms with E-state index in [1.54, 1.807) is 31.2 Å². The van der Waals surface area contributed by atoms with E-state index in [1.165, 1.54) is 0 Å². The van der Waals surface area contributed by atoms with Gasteiger partial charge in [-0.15, -0.1) is 0 Å². The summed E-state index contributed by atoms with van der Waals surface area (Å²) in [5, 5.41) is 0. The lowest BCUT2D eigenvalue weighted by atomic mass is 10.1. The zero-order chi connectivity index (χ0) is 11.3. The zero-order valence-corrected chi connectivity index (χ0v) is 8.95. The van der Waals surface area contributed by atoms with Gasteiger partial charge in [-0.05, 0) is 31.2 Å². The molecule has 0 aliphatic carbocycles. The molecule has 0 atom stereocenters. The smallest absolute Gasteiger partial charge is 0.228 e. The predicted octanol–water partition coefficient (Wildman–Crippen LogP) is 2.25. The van der Waals surface area contributed by atoms with Crippen LogP contribution < -0.4 is 4.74 Å². The Labute approximate surface area is 89.1 Å². The summed E-state index contributed by atoms with van der Waals surface area (Å²) in [4.78, 5) is 22.6. The molecule has 0 aliphatic heterocycles. The molecule has 0 amide bonds. The van der Waals surface area contributed by atoms with Crippen LogP contribution >= 0.6 is 0 Å². The topological polar surface area (TPSA) is 43.4 Å². The zero-order valence-electron chi connectivity index (χ0n) is 8.95. The molecule has 0 saturated heterocycles. The molecule has 0 bridgehead atoms. The first-order valence-corrected chi connectivity index (χ1v) is 4.99. The van der Waals surface area contributed by atoms with E-state index in [1.807, 2.05) is 6.92 Å². The van der Waals surface area contributed by atoms with Crippen LogP contribution in [0, 0.1) is 0 Å². The van der Waals surface area contributed by atoms with Gasteiger partial charge in [-0.2, -0.15) is 0 Å². The second-order valence-corrected chi connectivity index (χ2v) is 3.06. The van der Waals surface area contributed by atoms with E-state index in [0.717, 1.165) is 0 Å². The molecule has 0 aromatic heterocycles. The Kier molecular flexibility index (Phi) is 4.03. The largest absolute Gasteiger partial charge is 0.494 e. The van der Waals surface area contributed by atoms with E-state index in [4.69, 9.17) is 4.74 Å². The Morgan fingerprint density at radius 2 is 1.73 bits per heavy atom. The molecule has 3 nitrogen and oxygen atoms in total. The summed E-state index contributed by atoms with van der Waals surface area (Å²) in [6.07, 6.45) is 0.242. The number of rotatable bonds is 5. The maximum absolute atomic E-state index is 11.5. The van der Waals surface area contributed by atoms with Gasteiger partial charge < -0.3 is 4.74 Å². The van der Waals surface area contributed by atoms with Crippen molar-refractivity contribution < 1.29 is 14.3 Å². The number of ketones is 2. The third-order valence-corrected chi connectivity index (χ3v) is 2.00. The van der Waals surface area contributed by atoms with Crippen molar-refractivity contribution in [3.63, 3.8) is 0 Å². The second kappa shape index (κ2) is 5.29. The minimum absolute atomic E-state index is 0.242. The summed E-state index contributed by atoms with van der Waals surface area (Å²) < 4.78 is 5.23. The summed E-state index contributed by atoms with van der Waals surface area (Å²) >= 11 is 0. The minimum Gasteiger partial charge on any atom is -0.494 e. The summed E-state index contributed by atoms with van der Waals surface area (Å²) in [6.45, 7) is 4.15. The maximum atomic E-state index is 11.5. The van der Waals surface area contributed by atoms with E-state index in [-0.39, 0.29) is 12.2 Å². The number of hydrogen-bond acceptors (Lipinski definition) is 3. The third kappa shape index (κ3) is 2.91. The first-order chi connectivity index (χ1) is 7.19. The molecule has 15 heavy (non-hydrogen) atoms. The molecular weight excluding hydrogens is 192 g/mol. The van der Waals surface area contributed by atoms with Gasteiger partial charge in [0.1, 0.15) is 5.75 Å². The second-order valence-electron chi connectivity index (χ2n) is 3.06. The molecule has 1 rings (SSSR count). The van der Waals surface area contributed by atoms with E-state index < -0.39 is 5.78 Å². The van der Waals surface area contributed by atoms with E-state index in [9.17, 15) is 9.59 Å². The highest BCUT2D eigenvalue weighted by Gasteiger charge is 2.13. The van der Waals surface area contributed by atoms with Crippen LogP contribution in [0.15, 0.2) is 24.3 Å². The average Bonchev–Trinajstić information content (AvgIpc) is 2.28. The molecule has 0 saturated carbocycles. The monoisotopic (exact) mass is 206 g/mol. The fourth-order valence-corrected chi connectivity index (χ4v) is 1.19. The standard InChI is InChI=1S/C12H14O3/c1-3-11(13)12(14)9-5-7-10(8-6-9)15-4-2/h5-8H,3-4H2,1-2H3. The average molecular weight is 206 g/mol. The van der Waals surface area contributed by atoms with Crippen molar-refractivity contribution in [2.75, 3.05) is 6.61 Å². The van der Waals surface area contributed by atoms with Crippen molar-refractivity contribution in [1.29, 1.82) is 0 Å². The Morgan fingerprint density at radius 3 is 2.20 bits per heavy atom. The van der Waals surface area contributed by atoms with Gasteiger partial charge in [-0.3, -0.25) is 9.59 Å². The van der Waals surface area contributed by atoms with Crippen molar-refractivity contribution in [2.24, 2.45) is 0 Å². The van der Waals surface area contributed by atoms with Gasteiger partial charge in [0, 0.05) is 12.0 Å². The molecule has 80 valence electrons. The predicted molar refractivity (Wildman–Crippen MR) is 57.2 cm³/mol. The maximum Gasteiger partial charge on any atom is 0.228 e. The number of benzene rings is 1. The van der Waals surface area contributed by atoms with Crippen molar-refractivity contribution in [3.05, 3.63) is 29.8 Å². The van der Waals surface area contributed by atoms with Crippen LogP contribution in [0.2, 0.25) is 0 Å². The Morgan fingerprint density at radius 1 is 1.13 bits per heavy atom. The van der Waals surface area contributed by atoms with Crippen LogP contribution in [0.25, 0.3) is 0 Å². The van der Waals surface area contributed by atoms with Crippen LogP contribution in [0.3, 0.4) is 0 Å². The molecule has 0 unspecified atom stereocenters. The molecule has 3 heteroatoms. The van der Waals surface area contributed by atoms with Gasteiger partial charge in [0.05, 0.1) is 6.61 Å². The highest BCUT2D eigenvalue weighted by molar-refractivity contribution is 6.43. The molecule has 0 spiro atoms. The van der Waals surface area contributed by atoms with Gasteiger partial charge in [0.25, 0.3) is 0 Å². The highest BCUT2D eigenvalue weighted by Crippen LogP contribution is 2.12. The van der Waals surface area contributed by atoms with Crippen LogP contribution in [0.4, 0.5) is 0 Å². The lowest BCUT2D eigenvalue weighted by Crippen LogP contribution is -2.12. The minimum atomic E-state index is -0.430. The van der Waals surface area contributed by atoms with Gasteiger partial charge in [0.2, 0.25) is 11.6 Å². The van der Waals surface area contributed by atoms with Crippen molar-refractivity contribution in [1.82, 2.24) is 0 Å². The molecule has 0 aliphatic rings. The highest BCUT2D eigenvalue weighted by atomic mass is 16.5. The number of carbonyl (C=O) groups is 2. The van der Waals surface area contributed by atoms with Crippen molar-refractivity contribution in [2.45, 2.75) is 20.3 Å². The van der Waals surface area contributed by atoms with Gasteiger partial charge >= 0.3 is 0 Å². The number of carbonyl (C=O) groups excluding carboxylic acids is 2. The van der Waals surface area contributed by atoms with Gasteiger partial charge in [-0.25, -0.2) is 0 Å². The lowest BCUT2D eigenvalue weighted by Gasteiger charge is -2.03. The SMILES string of the molecule is CCOc1ccc(C(=O)C(=O)CC)cc1. The summed E-state index contributed by atoms with van der Waals surface area (Å²) in [7, 11) is 0. The summed E-state index contributed by atoms with van der Waals surface area (Å²) in [5.41, 5.74) is 0.422. The van der Waals surface area contributed by atoms with E-state index >= 15 is 0 Å². The third-order valence-electron chi connectivity index (χ3n) is 2.00. The molecule has 1 aromatic carbocycles. The van der Waals surface area contributed by atoms with Crippen LogP contribution in [0.1, 0.15) is 30.6 Å². The number of ether oxygens (including phenoxy) is 1. The Hall–Kier alpha value is -1.64. The number of Topliss-reactive ketones (excluding diaryl/α,β-unsaturated/α-hetero) is 2. The Balaban J connectivity index is 2.80. The molecule has 0 fully saturated rings.